The summed E-state index contributed by atoms with van der Waals surface area (Å²) < 4.78 is 37.4. The molecule has 0 fully saturated rings. The van der Waals surface area contributed by atoms with E-state index in [9.17, 15) is 8.78 Å². The van der Waals surface area contributed by atoms with Crippen LogP contribution in [0.15, 0.2) is 42.5 Å². The Hall–Kier alpha value is -3.42. The highest BCUT2D eigenvalue weighted by atomic mass is 19.1. The molecule has 0 aliphatic rings. The summed E-state index contributed by atoms with van der Waals surface area (Å²) in [4.78, 5) is 8.55. The molecule has 3 rings (SSSR count). The largest absolute Gasteiger partial charge is 0.493 e. The Bertz CT molecular complexity index is 966. The number of anilines is 4. The molecule has 0 amide bonds. The molecule has 6 nitrogen and oxygen atoms in total. The SMILES string of the molecule is COc1ccc(Nc2cc(C)nc(Nc3ccc(F)cc3F)n2)cc1OC. The van der Waals surface area contributed by atoms with E-state index in [0.717, 1.165) is 17.8 Å². The Labute approximate surface area is 155 Å². The van der Waals surface area contributed by atoms with Gasteiger partial charge in [0.15, 0.2) is 11.5 Å². The van der Waals surface area contributed by atoms with Gasteiger partial charge >= 0.3 is 0 Å². The highest BCUT2D eigenvalue weighted by Gasteiger charge is 2.09. The molecule has 0 spiro atoms. The van der Waals surface area contributed by atoms with Gasteiger partial charge in [-0.2, -0.15) is 4.98 Å². The van der Waals surface area contributed by atoms with Crippen molar-refractivity contribution < 1.29 is 18.3 Å². The molecule has 3 aromatic rings. The Balaban J connectivity index is 1.85. The molecule has 0 unspecified atom stereocenters. The van der Waals surface area contributed by atoms with Gasteiger partial charge in [-0.25, -0.2) is 13.8 Å². The highest BCUT2D eigenvalue weighted by Crippen LogP contribution is 2.31. The zero-order chi connectivity index (χ0) is 19.4. The molecule has 0 radical (unpaired) electrons. The van der Waals surface area contributed by atoms with Gasteiger partial charge in [-0.15, -0.1) is 0 Å². The van der Waals surface area contributed by atoms with Gasteiger partial charge in [0.2, 0.25) is 5.95 Å². The molecule has 0 atom stereocenters. The normalized spacial score (nSPS) is 10.4. The van der Waals surface area contributed by atoms with Crippen LogP contribution >= 0.6 is 0 Å². The second-order valence-electron chi connectivity index (χ2n) is 5.66. The number of benzene rings is 2. The van der Waals surface area contributed by atoms with Crippen LogP contribution in [0.3, 0.4) is 0 Å². The monoisotopic (exact) mass is 372 g/mol. The lowest BCUT2D eigenvalue weighted by Crippen LogP contribution is -2.04. The van der Waals surface area contributed by atoms with E-state index in [1.54, 1.807) is 39.3 Å². The molecule has 0 saturated heterocycles. The third-order valence-corrected chi connectivity index (χ3v) is 3.69. The standard InChI is InChI=1S/C19H18F2N4O2/c1-11-8-18(23-13-5-7-16(26-2)17(10-13)27-3)25-19(22-11)24-15-6-4-12(20)9-14(15)21/h4-10H,1-3H3,(H2,22,23,24,25). The van der Waals surface area contributed by atoms with Gasteiger partial charge in [0.1, 0.15) is 17.5 Å². The molecule has 27 heavy (non-hydrogen) atoms. The molecule has 0 aliphatic heterocycles. The van der Waals surface area contributed by atoms with Crippen molar-refractivity contribution in [3.8, 4) is 11.5 Å². The van der Waals surface area contributed by atoms with Crippen LogP contribution in [0.2, 0.25) is 0 Å². The van der Waals surface area contributed by atoms with Gasteiger partial charge in [-0.05, 0) is 31.2 Å². The lowest BCUT2D eigenvalue weighted by molar-refractivity contribution is 0.355. The van der Waals surface area contributed by atoms with Crippen LogP contribution in [0.25, 0.3) is 0 Å². The van der Waals surface area contributed by atoms with Crippen molar-refractivity contribution in [3.63, 3.8) is 0 Å². The van der Waals surface area contributed by atoms with E-state index in [-0.39, 0.29) is 11.6 Å². The van der Waals surface area contributed by atoms with Gasteiger partial charge < -0.3 is 20.1 Å². The van der Waals surface area contributed by atoms with Crippen molar-refractivity contribution in [2.45, 2.75) is 6.92 Å². The lowest BCUT2D eigenvalue weighted by Gasteiger charge is -2.12. The van der Waals surface area contributed by atoms with Crippen LogP contribution < -0.4 is 20.1 Å². The molecular weight excluding hydrogens is 354 g/mol. The molecule has 140 valence electrons. The van der Waals surface area contributed by atoms with Gasteiger partial charge in [0.25, 0.3) is 0 Å². The first-order valence-corrected chi connectivity index (χ1v) is 8.05. The van der Waals surface area contributed by atoms with Crippen molar-refractivity contribution in [1.29, 1.82) is 0 Å². The van der Waals surface area contributed by atoms with E-state index >= 15 is 0 Å². The fourth-order valence-corrected chi connectivity index (χ4v) is 2.46. The van der Waals surface area contributed by atoms with Crippen LogP contribution in [0.5, 0.6) is 11.5 Å². The third kappa shape index (κ3) is 4.41. The van der Waals surface area contributed by atoms with E-state index in [2.05, 4.69) is 20.6 Å². The van der Waals surface area contributed by atoms with E-state index in [1.807, 2.05) is 6.07 Å². The number of halogens is 2. The summed E-state index contributed by atoms with van der Waals surface area (Å²) in [6.07, 6.45) is 0. The number of aryl methyl sites for hydroxylation is 1. The molecule has 2 N–H and O–H groups in total. The van der Waals surface area contributed by atoms with Crippen molar-refractivity contribution in [2.75, 3.05) is 24.9 Å². The van der Waals surface area contributed by atoms with E-state index in [1.165, 1.54) is 6.07 Å². The van der Waals surface area contributed by atoms with Gasteiger partial charge in [-0.3, -0.25) is 0 Å². The number of aromatic nitrogens is 2. The van der Waals surface area contributed by atoms with E-state index in [4.69, 9.17) is 9.47 Å². The quantitative estimate of drug-likeness (QED) is 0.661. The summed E-state index contributed by atoms with van der Waals surface area (Å²) >= 11 is 0. The Morgan fingerprint density at radius 2 is 1.63 bits per heavy atom. The molecule has 1 heterocycles. The number of methoxy groups -OCH3 is 2. The fourth-order valence-electron chi connectivity index (χ4n) is 2.46. The zero-order valence-electron chi connectivity index (χ0n) is 15.0. The maximum atomic E-state index is 13.8. The van der Waals surface area contributed by atoms with Crippen molar-refractivity contribution in [3.05, 3.63) is 59.8 Å². The smallest absolute Gasteiger partial charge is 0.229 e. The summed E-state index contributed by atoms with van der Waals surface area (Å²) in [5.41, 5.74) is 1.47. The first-order valence-electron chi connectivity index (χ1n) is 8.05. The minimum Gasteiger partial charge on any atom is -0.493 e. The van der Waals surface area contributed by atoms with E-state index < -0.39 is 11.6 Å². The first-order chi connectivity index (χ1) is 13.0. The molecule has 0 saturated carbocycles. The molecule has 2 aromatic carbocycles. The average Bonchev–Trinajstić information content (AvgIpc) is 2.63. The predicted molar refractivity (Wildman–Crippen MR) is 99.2 cm³/mol. The molecule has 8 heteroatoms. The van der Waals surface area contributed by atoms with Crippen molar-refractivity contribution in [1.82, 2.24) is 9.97 Å². The number of nitrogens with zero attached hydrogens (tertiary/aromatic N) is 2. The minimum atomic E-state index is -0.727. The zero-order valence-corrected chi connectivity index (χ0v) is 15.0. The number of nitrogens with one attached hydrogen (secondary N) is 2. The summed E-state index contributed by atoms with van der Waals surface area (Å²) in [6.45, 7) is 1.79. The fraction of sp³-hybridized carbons (Fsp3) is 0.158. The van der Waals surface area contributed by atoms with Crippen molar-refractivity contribution in [2.24, 2.45) is 0 Å². The number of hydrogen-bond donors (Lipinski definition) is 2. The Morgan fingerprint density at radius 3 is 2.33 bits per heavy atom. The molecule has 0 bridgehead atoms. The summed E-state index contributed by atoms with van der Waals surface area (Å²) in [7, 11) is 3.11. The topological polar surface area (TPSA) is 68.3 Å². The maximum absolute atomic E-state index is 13.8. The third-order valence-electron chi connectivity index (χ3n) is 3.69. The van der Waals surface area contributed by atoms with Crippen LogP contribution in [0.4, 0.5) is 31.9 Å². The minimum absolute atomic E-state index is 0.0825. The number of ether oxygens (including phenoxy) is 2. The summed E-state index contributed by atoms with van der Waals surface area (Å²) in [5, 5.41) is 5.90. The van der Waals surface area contributed by atoms with Crippen LogP contribution in [-0.2, 0) is 0 Å². The predicted octanol–water partition coefficient (Wildman–Crippen LogP) is 4.57. The second-order valence-corrected chi connectivity index (χ2v) is 5.66. The lowest BCUT2D eigenvalue weighted by atomic mass is 10.2. The number of rotatable bonds is 6. The van der Waals surface area contributed by atoms with Gasteiger partial charge in [0.05, 0.1) is 19.9 Å². The van der Waals surface area contributed by atoms with E-state index in [0.29, 0.717) is 23.0 Å². The summed E-state index contributed by atoms with van der Waals surface area (Å²) in [6, 6.07) is 10.3. The van der Waals surface area contributed by atoms with Crippen LogP contribution in [0.1, 0.15) is 5.69 Å². The highest BCUT2D eigenvalue weighted by molar-refractivity contribution is 5.63. The Kier molecular flexibility index (Phi) is 5.35. The van der Waals surface area contributed by atoms with Crippen LogP contribution in [0, 0.1) is 18.6 Å². The maximum Gasteiger partial charge on any atom is 0.229 e. The molecule has 0 aliphatic carbocycles. The Morgan fingerprint density at radius 1 is 0.852 bits per heavy atom. The van der Waals surface area contributed by atoms with Gasteiger partial charge in [0, 0.05) is 29.6 Å². The number of hydrogen-bond acceptors (Lipinski definition) is 6. The summed E-state index contributed by atoms with van der Waals surface area (Å²) in [5.74, 6) is 0.479. The first kappa shape index (κ1) is 18.4. The average molecular weight is 372 g/mol. The van der Waals surface area contributed by atoms with Gasteiger partial charge in [-0.1, -0.05) is 0 Å². The molecular formula is C19H18F2N4O2. The molecule has 1 aromatic heterocycles. The second kappa shape index (κ2) is 7.86. The van der Waals surface area contributed by atoms with Crippen molar-refractivity contribution >= 4 is 23.1 Å². The van der Waals surface area contributed by atoms with Crippen LogP contribution in [-0.4, -0.2) is 24.2 Å².